The first-order valence-corrected chi connectivity index (χ1v) is 9.87. The maximum atomic E-state index is 12.3. The summed E-state index contributed by atoms with van der Waals surface area (Å²) in [5.41, 5.74) is 2.89. The summed E-state index contributed by atoms with van der Waals surface area (Å²) in [5, 5.41) is 8.97. The highest BCUT2D eigenvalue weighted by molar-refractivity contribution is 5.30. The van der Waals surface area contributed by atoms with Crippen molar-refractivity contribution in [1.29, 1.82) is 0 Å². The summed E-state index contributed by atoms with van der Waals surface area (Å²) >= 11 is 0. The minimum Gasteiger partial charge on any atom is -0.338 e. The van der Waals surface area contributed by atoms with Crippen LogP contribution in [0.3, 0.4) is 0 Å². The smallest absolute Gasteiger partial charge is 0.266 e. The first kappa shape index (κ1) is 19.3. The number of hydrogen-bond donors (Lipinski definition) is 0. The highest BCUT2D eigenvalue weighted by Crippen LogP contribution is 2.11. The van der Waals surface area contributed by atoms with Crippen LogP contribution in [0.5, 0.6) is 0 Å². The van der Waals surface area contributed by atoms with Crippen LogP contribution >= 0.6 is 0 Å². The van der Waals surface area contributed by atoms with Crippen molar-refractivity contribution in [3.05, 3.63) is 57.9 Å². The predicted molar refractivity (Wildman–Crippen MR) is 111 cm³/mol. The zero-order valence-corrected chi connectivity index (χ0v) is 17.1. The third-order valence-electron chi connectivity index (χ3n) is 5.13. The Hall–Kier alpha value is -3.07. The van der Waals surface area contributed by atoms with Crippen LogP contribution in [0.15, 0.2) is 35.4 Å². The van der Waals surface area contributed by atoms with Gasteiger partial charge in [-0.05, 0) is 38.5 Å². The highest BCUT2D eigenvalue weighted by atomic mass is 16.1. The van der Waals surface area contributed by atoms with E-state index in [2.05, 4.69) is 30.0 Å². The number of hydrogen-bond acceptors (Lipinski definition) is 7. The second-order valence-electron chi connectivity index (χ2n) is 7.48. The molecule has 0 saturated carbocycles. The molecule has 152 valence electrons. The highest BCUT2D eigenvalue weighted by Gasteiger charge is 2.19. The molecule has 0 spiro atoms. The van der Waals surface area contributed by atoms with Crippen molar-refractivity contribution < 1.29 is 0 Å². The molecule has 1 aliphatic heterocycles. The summed E-state index contributed by atoms with van der Waals surface area (Å²) < 4.78 is 3.30. The minimum atomic E-state index is -0.0954. The van der Waals surface area contributed by atoms with Gasteiger partial charge in [0.15, 0.2) is 5.82 Å². The van der Waals surface area contributed by atoms with Gasteiger partial charge < -0.3 is 4.90 Å². The Balaban J connectivity index is 1.37. The van der Waals surface area contributed by atoms with E-state index < -0.39 is 0 Å². The number of aromatic nitrogens is 6. The van der Waals surface area contributed by atoms with Gasteiger partial charge in [0.1, 0.15) is 0 Å². The van der Waals surface area contributed by atoms with Crippen LogP contribution in [0.25, 0.3) is 5.82 Å². The van der Waals surface area contributed by atoms with Crippen molar-refractivity contribution in [3.63, 3.8) is 0 Å². The Bertz CT molecular complexity index is 1030. The van der Waals surface area contributed by atoms with E-state index in [0.717, 1.165) is 55.6 Å². The summed E-state index contributed by atoms with van der Waals surface area (Å²) in [7, 11) is 0. The molecule has 0 aromatic carbocycles. The minimum absolute atomic E-state index is 0.0954. The van der Waals surface area contributed by atoms with Crippen molar-refractivity contribution >= 4 is 5.95 Å². The fourth-order valence-corrected chi connectivity index (χ4v) is 3.53. The Labute approximate surface area is 169 Å². The molecule has 4 rings (SSSR count). The van der Waals surface area contributed by atoms with Gasteiger partial charge in [0.25, 0.3) is 5.56 Å². The zero-order valence-electron chi connectivity index (χ0n) is 17.1. The molecule has 9 nitrogen and oxygen atoms in total. The van der Waals surface area contributed by atoms with Crippen LogP contribution in [-0.4, -0.2) is 67.2 Å². The van der Waals surface area contributed by atoms with Crippen LogP contribution in [-0.2, 0) is 6.54 Å². The van der Waals surface area contributed by atoms with Gasteiger partial charge in [-0.1, -0.05) is 0 Å². The summed E-state index contributed by atoms with van der Waals surface area (Å²) in [6.07, 6.45) is 3.70. The molecule has 29 heavy (non-hydrogen) atoms. The standard InChI is InChI=1S/C20H26N8O/c1-15-13-21-20(22-14-15)26-9-6-25(7-10-26)8-11-27-19(29)5-4-18(24-27)28-17(3)12-16(2)23-28/h4-5,12-14H,6-11H2,1-3H3. The number of piperazine rings is 1. The number of nitrogens with zero attached hydrogens (tertiary/aromatic N) is 8. The van der Waals surface area contributed by atoms with E-state index in [1.165, 1.54) is 4.68 Å². The van der Waals surface area contributed by atoms with Crippen LogP contribution in [0.2, 0.25) is 0 Å². The molecule has 1 saturated heterocycles. The lowest BCUT2D eigenvalue weighted by atomic mass is 10.3. The van der Waals surface area contributed by atoms with Crippen LogP contribution in [0, 0.1) is 20.8 Å². The molecular weight excluding hydrogens is 368 g/mol. The van der Waals surface area contributed by atoms with Crippen molar-refractivity contribution in [2.45, 2.75) is 27.3 Å². The molecule has 3 aromatic rings. The molecule has 4 heterocycles. The lowest BCUT2D eigenvalue weighted by Crippen LogP contribution is -2.48. The van der Waals surface area contributed by atoms with Crippen molar-refractivity contribution in [2.24, 2.45) is 0 Å². The normalized spacial score (nSPS) is 15.1. The Kier molecular flexibility index (Phi) is 5.39. The van der Waals surface area contributed by atoms with Crippen LogP contribution < -0.4 is 10.5 Å². The molecule has 1 fully saturated rings. The fraction of sp³-hybridized carbons (Fsp3) is 0.450. The van der Waals surface area contributed by atoms with E-state index >= 15 is 0 Å². The molecule has 0 unspecified atom stereocenters. The molecule has 0 amide bonds. The average molecular weight is 394 g/mol. The Morgan fingerprint density at radius 3 is 2.31 bits per heavy atom. The second kappa shape index (κ2) is 8.12. The lowest BCUT2D eigenvalue weighted by Gasteiger charge is -2.34. The van der Waals surface area contributed by atoms with Crippen LogP contribution in [0.1, 0.15) is 17.0 Å². The second-order valence-corrected chi connectivity index (χ2v) is 7.48. The van der Waals surface area contributed by atoms with Gasteiger partial charge in [0.05, 0.1) is 12.2 Å². The topological polar surface area (TPSA) is 85.0 Å². The van der Waals surface area contributed by atoms with Gasteiger partial charge in [0, 0.05) is 56.9 Å². The number of aryl methyl sites for hydroxylation is 3. The maximum Gasteiger partial charge on any atom is 0.266 e. The van der Waals surface area contributed by atoms with Crippen molar-refractivity contribution in [1.82, 2.24) is 34.4 Å². The SMILES string of the molecule is Cc1cnc(N2CCN(CCn3nc(-n4nc(C)cc4C)ccc3=O)CC2)nc1. The number of rotatable bonds is 5. The monoisotopic (exact) mass is 394 g/mol. The van der Waals surface area contributed by atoms with Gasteiger partial charge in [-0.15, -0.1) is 5.10 Å². The maximum absolute atomic E-state index is 12.3. The Morgan fingerprint density at radius 2 is 1.66 bits per heavy atom. The van der Waals surface area contributed by atoms with Crippen molar-refractivity contribution in [3.8, 4) is 5.82 Å². The third kappa shape index (κ3) is 4.34. The van der Waals surface area contributed by atoms with Gasteiger partial charge >= 0.3 is 0 Å². The fourth-order valence-electron chi connectivity index (χ4n) is 3.53. The molecule has 0 bridgehead atoms. The average Bonchev–Trinajstić information content (AvgIpc) is 3.06. The quantitative estimate of drug-likeness (QED) is 0.637. The summed E-state index contributed by atoms with van der Waals surface area (Å²) in [6.45, 7) is 10.8. The molecule has 0 aliphatic carbocycles. The lowest BCUT2D eigenvalue weighted by molar-refractivity contribution is 0.241. The molecule has 0 atom stereocenters. The first-order chi connectivity index (χ1) is 14.0. The molecule has 1 aliphatic rings. The molecular formula is C20H26N8O. The third-order valence-corrected chi connectivity index (χ3v) is 5.13. The molecule has 3 aromatic heterocycles. The Morgan fingerprint density at radius 1 is 0.931 bits per heavy atom. The molecule has 0 N–H and O–H groups in total. The summed E-state index contributed by atoms with van der Waals surface area (Å²) in [5.74, 6) is 1.45. The summed E-state index contributed by atoms with van der Waals surface area (Å²) in [6, 6.07) is 5.28. The van der Waals surface area contributed by atoms with E-state index in [1.807, 2.05) is 39.2 Å². The first-order valence-electron chi connectivity index (χ1n) is 9.87. The predicted octanol–water partition coefficient (Wildman–Crippen LogP) is 0.966. The summed E-state index contributed by atoms with van der Waals surface area (Å²) in [4.78, 5) is 25.6. The molecule has 0 radical (unpaired) electrons. The zero-order chi connectivity index (χ0) is 20.4. The van der Waals surface area contributed by atoms with Crippen LogP contribution in [0.4, 0.5) is 5.95 Å². The van der Waals surface area contributed by atoms with E-state index in [4.69, 9.17) is 0 Å². The van der Waals surface area contributed by atoms with Gasteiger partial charge in [-0.3, -0.25) is 9.69 Å². The van der Waals surface area contributed by atoms with E-state index in [-0.39, 0.29) is 5.56 Å². The van der Waals surface area contributed by atoms with Gasteiger partial charge in [-0.25, -0.2) is 19.3 Å². The van der Waals surface area contributed by atoms with Gasteiger partial charge in [0.2, 0.25) is 5.95 Å². The number of anilines is 1. The van der Waals surface area contributed by atoms with E-state index in [1.54, 1.807) is 16.8 Å². The largest absolute Gasteiger partial charge is 0.338 e. The van der Waals surface area contributed by atoms with Crippen molar-refractivity contribution in [2.75, 3.05) is 37.6 Å². The van der Waals surface area contributed by atoms with Gasteiger partial charge in [-0.2, -0.15) is 5.10 Å². The van der Waals surface area contributed by atoms with E-state index in [0.29, 0.717) is 12.4 Å². The molecule has 9 heteroatoms. The van der Waals surface area contributed by atoms with E-state index in [9.17, 15) is 4.79 Å².